The minimum Gasteiger partial charge on any atom is -0.443 e. The standard InChI is InChI=1S/C21H21ClN4O2/c1-14-11-24-18(13-23-14)21(27)26-8-3-2-7-19(26)20-25-12-17(28-20)10-15-5-4-6-16(22)9-15/h4-6,9,11-13,19H,2-3,7-8,10H2,1H3/t19-/m1/s1. The number of oxazole rings is 1. The molecule has 0 spiro atoms. The summed E-state index contributed by atoms with van der Waals surface area (Å²) in [6.45, 7) is 2.50. The smallest absolute Gasteiger partial charge is 0.274 e. The van der Waals surface area contributed by atoms with Gasteiger partial charge in [0, 0.05) is 24.2 Å². The maximum atomic E-state index is 13.0. The van der Waals surface area contributed by atoms with E-state index >= 15 is 0 Å². The summed E-state index contributed by atoms with van der Waals surface area (Å²) in [5.41, 5.74) is 2.19. The van der Waals surface area contributed by atoms with Crippen LogP contribution >= 0.6 is 11.6 Å². The van der Waals surface area contributed by atoms with Crippen LogP contribution in [0.5, 0.6) is 0 Å². The molecule has 28 heavy (non-hydrogen) atoms. The highest BCUT2D eigenvalue weighted by Crippen LogP contribution is 2.32. The molecule has 0 aliphatic carbocycles. The van der Waals surface area contributed by atoms with Crippen molar-refractivity contribution in [1.82, 2.24) is 19.9 Å². The van der Waals surface area contributed by atoms with E-state index in [0.29, 0.717) is 29.6 Å². The van der Waals surface area contributed by atoms with Gasteiger partial charge in [-0.1, -0.05) is 23.7 Å². The maximum absolute atomic E-state index is 13.0. The van der Waals surface area contributed by atoms with Crippen LogP contribution in [-0.4, -0.2) is 32.3 Å². The molecule has 6 nitrogen and oxygen atoms in total. The Labute approximate surface area is 168 Å². The lowest BCUT2D eigenvalue weighted by atomic mass is 10.0. The minimum absolute atomic E-state index is 0.133. The molecule has 1 amide bonds. The first kappa shape index (κ1) is 18.6. The van der Waals surface area contributed by atoms with Crippen LogP contribution in [0, 0.1) is 6.92 Å². The molecule has 1 fully saturated rings. The molecular formula is C21H21ClN4O2. The fraction of sp³-hybridized carbons (Fsp3) is 0.333. The van der Waals surface area contributed by atoms with Crippen LogP contribution in [-0.2, 0) is 6.42 Å². The summed E-state index contributed by atoms with van der Waals surface area (Å²) >= 11 is 6.06. The molecule has 1 aliphatic rings. The van der Waals surface area contributed by atoms with Crippen molar-refractivity contribution in [3.8, 4) is 0 Å². The summed E-state index contributed by atoms with van der Waals surface area (Å²) in [5, 5.41) is 0.695. The van der Waals surface area contributed by atoms with Gasteiger partial charge >= 0.3 is 0 Å². The average Bonchev–Trinajstić information content (AvgIpc) is 3.16. The van der Waals surface area contributed by atoms with Crippen LogP contribution in [0.4, 0.5) is 0 Å². The van der Waals surface area contributed by atoms with Gasteiger partial charge in [0.15, 0.2) is 0 Å². The van der Waals surface area contributed by atoms with Crippen LogP contribution in [0.1, 0.15) is 58.7 Å². The van der Waals surface area contributed by atoms with Gasteiger partial charge in [0.1, 0.15) is 17.5 Å². The molecule has 0 N–H and O–H groups in total. The largest absolute Gasteiger partial charge is 0.443 e. The van der Waals surface area contributed by atoms with Gasteiger partial charge in [0.25, 0.3) is 5.91 Å². The Balaban J connectivity index is 1.54. The monoisotopic (exact) mass is 396 g/mol. The van der Waals surface area contributed by atoms with E-state index in [1.807, 2.05) is 31.2 Å². The van der Waals surface area contributed by atoms with Gasteiger partial charge in [-0.05, 0) is 43.9 Å². The summed E-state index contributed by atoms with van der Waals surface area (Å²) < 4.78 is 6.02. The van der Waals surface area contributed by atoms with E-state index in [1.54, 1.807) is 17.3 Å². The number of aromatic nitrogens is 3. The van der Waals surface area contributed by atoms with Crippen LogP contribution in [0.25, 0.3) is 0 Å². The van der Waals surface area contributed by atoms with Crippen molar-refractivity contribution in [2.45, 2.75) is 38.6 Å². The minimum atomic E-state index is -0.183. The van der Waals surface area contributed by atoms with Crippen LogP contribution in [0.3, 0.4) is 0 Å². The van der Waals surface area contributed by atoms with Gasteiger partial charge in [-0.2, -0.15) is 0 Å². The topological polar surface area (TPSA) is 72.1 Å². The summed E-state index contributed by atoms with van der Waals surface area (Å²) in [4.78, 5) is 27.7. The first-order valence-corrected chi connectivity index (χ1v) is 9.76. The molecule has 144 valence electrons. The van der Waals surface area contributed by atoms with Gasteiger partial charge in [0.2, 0.25) is 5.89 Å². The van der Waals surface area contributed by atoms with E-state index in [2.05, 4.69) is 15.0 Å². The highest BCUT2D eigenvalue weighted by atomic mass is 35.5. The summed E-state index contributed by atoms with van der Waals surface area (Å²) in [6.07, 6.45) is 8.29. The quantitative estimate of drug-likeness (QED) is 0.654. The number of likely N-dealkylation sites (tertiary alicyclic amines) is 1. The Bertz CT molecular complexity index is 971. The molecule has 0 saturated carbocycles. The number of hydrogen-bond donors (Lipinski definition) is 0. The Morgan fingerprint density at radius 2 is 2.11 bits per heavy atom. The fourth-order valence-corrected chi connectivity index (χ4v) is 3.70. The molecule has 1 aromatic carbocycles. The molecule has 0 bridgehead atoms. The third-order valence-corrected chi connectivity index (χ3v) is 5.12. The molecule has 4 rings (SSSR count). The molecular weight excluding hydrogens is 376 g/mol. The number of aryl methyl sites for hydroxylation is 1. The van der Waals surface area contributed by atoms with Gasteiger partial charge < -0.3 is 9.32 Å². The van der Waals surface area contributed by atoms with Crippen molar-refractivity contribution in [3.05, 3.63) is 76.5 Å². The SMILES string of the molecule is Cc1cnc(C(=O)N2CCCC[C@@H]2c2ncc(Cc3cccc(Cl)c3)o2)cn1. The first-order valence-electron chi connectivity index (χ1n) is 9.39. The number of nitrogens with zero attached hydrogens (tertiary/aromatic N) is 4. The van der Waals surface area contributed by atoms with E-state index in [9.17, 15) is 4.79 Å². The van der Waals surface area contributed by atoms with Crippen molar-refractivity contribution in [2.24, 2.45) is 0 Å². The summed E-state index contributed by atoms with van der Waals surface area (Å²) in [7, 11) is 0. The van der Waals surface area contributed by atoms with Crippen molar-refractivity contribution in [1.29, 1.82) is 0 Å². The van der Waals surface area contributed by atoms with Gasteiger partial charge in [-0.25, -0.2) is 9.97 Å². The van der Waals surface area contributed by atoms with E-state index in [4.69, 9.17) is 16.0 Å². The fourth-order valence-electron chi connectivity index (χ4n) is 3.49. The number of hydrogen-bond acceptors (Lipinski definition) is 5. The molecule has 1 saturated heterocycles. The molecule has 2 aromatic heterocycles. The van der Waals surface area contributed by atoms with Gasteiger partial charge in [0.05, 0.1) is 18.1 Å². The lowest BCUT2D eigenvalue weighted by molar-refractivity contribution is 0.0563. The third kappa shape index (κ3) is 4.07. The number of carbonyl (C=O) groups excluding carboxylic acids is 1. The molecule has 3 aromatic rings. The van der Waals surface area contributed by atoms with Crippen molar-refractivity contribution in [2.75, 3.05) is 6.54 Å². The zero-order valence-electron chi connectivity index (χ0n) is 15.6. The molecule has 1 aliphatic heterocycles. The molecule has 7 heteroatoms. The second kappa shape index (κ2) is 8.10. The summed E-state index contributed by atoms with van der Waals surface area (Å²) in [6, 6.07) is 7.49. The predicted molar refractivity (Wildman–Crippen MR) is 105 cm³/mol. The zero-order chi connectivity index (χ0) is 19.5. The second-order valence-corrected chi connectivity index (χ2v) is 7.46. The van der Waals surface area contributed by atoms with Gasteiger partial charge in [-0.3, -0.25) is 9.78 Å². The molecule has 0 unspecified atom stereocenters. The van der Waals surface area contributed by atoms with Crippen molar-refractivity contribution in [3.63, 3.8) is 0 Å². The molecule has 0 radical (unpaired) electrons. The van der Waals surface area contributed by atoms with Gasteiger partial charge in [-0.15, -0.1) is 0 Å². The Morgan fingerprint density at radius 1 is 1.21 bits per heavy atom. The highest BCUT2D eigenvalue weighted by Gasteiger charge is 2.32. The number of benzene rings is 1. The Morgan fingerprint density at radius 3 is 2.89 bits per heavy atom. The number of amides is 1. The molecule has 3 heterocycles. The first-order chi connectivity index (χ1) is 13.6. The normalized spacial score (nSPS) is 16.9. The lowest BCUT2D eigenvalue weighted by Gasteiger charge is -2.33. The average molecular weight is 397 g/mol. The summed E-state index contributed by atoms with van der Waals surface area (Å²) in [5.74, 6) is 1.20. The highest BCUT2D eigenvalue weighted by molar-refractivity contribution is 6.30. The van der Waals surface area contributed by atoms with Crippen molar-refractivity contribution >= 4 is 17.5 Å². The van der Waals surface area contributed by atoms with E-state index in [1.165, 1.54) is 6.20 Å². The van der Waals surface area contributed by atoms with Crippen LogP contribution in [0.15, 0.2) is 47.3 Å². The number of halogens is 1. The van der Waals surface area contributed by atoms with Crippen molar-refractivity contribution < 1.29 is 9.21 Å². The van der Waals surface area contributed by atoms with Crippen LogP contribution < -0.4 is 0 Å². The van der Waals surface area contributed by atoms with Crippen LogP contribution in [0.2, 0.25) is 5.02 Å². The predicted octanol–water partition coefficient (Wildman–Crippen LogP) is 4.38. The number of rotatable bonds is 4. The Kier molecular flexibility index (Phi) is 5.39. The van der Waals surface area contributed by atoms with E-state index in [0.717, 1.165) is 36.3 Å². The third-order valence-electron chi connectivity index (χ3n) is 4.89. The second-order valence-electron chi connectivity index (χ2n) is 7.02. The zero-order valence-corrected chi connectivity index (χ0v) is 16.4. The van der Waals surface area contributed by atoms with E-state index in [-0.39, 0.29) is 11.9 Å². The molecule has 1 atom stereocenters. The maximum Gasteiger partial charge on any atom is 0.274 e. The van der Waals surface area contributed by atoms with E-state index < -0.39 is 0 Å². The Hall–Kier alpha value is -2.73. The number of carbonyl (C=O) groups is 1. The number of piperidine rings is 1. The lowest BCUT2D eigenvalue weighted by Crippen LogP contribution is -2.39.